The van der Waals surface area contributed by atoms with Gasteiger partial charge in [-0.2, -0.15) is 5.10 Å². The molecule has 15 heavy (non-hydrogen) atoms. The molecule has 1 aromatic carbocycles. The molecule has 0 aliphatic rings. The predicted molar refractivity (Wildman–Crippen MR) is 56.2 cm³/mol. The van der Waals surface area contributed by atoms with Gasteiger partial charge in [0.1, 0.15) is 0 Å². The van der Waals surface area contributed by atoms with E-state index in [0.29, 0.717) is 0 Å². The van der Waals surface area contributed by atoms with Crippen molar-refractivity contribution in [1.82, 2.24) is 9.78 Å². The maximum absolute atomic E-state index is 12.3. The molecule has 1 aromatic heterocycles. The molecule has 0 amide bonds. The molecule has 2 rings (SSSR count). The largest absolute Gasteiger partial charge is 0.266 e. The predicted octanol–water partition coefficient (Wildman–Crippen LogP) is 3.57. The van der Waals surface area contributed by atoms with E-state index >= 15 is 0 Å². The summed E-state index contributed by atoms with van der Waals surface area (Å²) in [6, 6.07) is 7.26. The van der Waals surface area contributed by atoms with Crippen molar-refractivity contribution in [3.8, 4) is 5.69 Å². The van der Waals surface area contributed by atoms with E-state index in [0.717, 1.165) is 10.2 Å². The highest BCUT2D eigenvalue weighted by molar-refractivity contribution is 9.10. The molecule has 78 valence electrons. The minimum absolute atomic E-state index is 0.0714. The van der Waals surface area contributed by atoms with E-state index < -0.39 is 6.43 Å². The van der Waals surface area contributed by atoms with E-state index in [1.165, 1.54) is 17.1 Å². The first-order chi connectivity index (χ1) is 7.16. The van der Waals surface area contributed by atoms with Crippen LogP contribution in [0.1, 0.15) is 12.0 Å². The van der Waals surface area contributed by atoms with E-state index in [1.807, 2.05) is 12.1 Å². The van der Waals surface area contributed by atoms with Crippen LogP contribution in [0.3, 0.4) is 0 Å². The topological polar surface area (TPSA) is 17.8 Å². The molecule has 2 nitrogen and oxygen atoms in total. The second kappa shape index (κ2) is 4.10. The molecular formula is C10H7BrF2N2. The van der Waals surface area contributed by atoms with Gasteiger partial charge in [0.15, 0.2) is 0 Å². The van der Waals surface area contributed by atoms with Crippen LogP contribution in [0.25, 0.3) is 5.69 Å². The quantitative estimate of drug-likeness (QED) is 0.817. The molecule has 5 heteroatoms. The van der Waals surface area contributed by atoms with Crippen LogP contribution in [-0.4, -0.2) is 9.78 Å². The molecule has 0 saturated carbocycles. The summed E-state index contributed by atoms with van der Waals surface area (Å²) in [6.45, 7) is 0. The van der Waals surface area contributed by atoms with Gasteiger partial charge in [-0.1, -0.05) is 15.9 Å². The van der Waals surface area contributed by atoms with E-state index in [1.54, 1.807) is 12.1 Å². The third kappa shape index (κ3) is 2.23. The van der Waals surface area contributed by atoms with Crippen molar-refractivity contribution in [2.75, 3.05) is 0 Å². The second-order valence-electron chi connectivity index (χ2n) is 3.00. The zero-order chi connectivity index (χ0) is 10.8. The summed E-state index contributed by atoms with van der Waals surface area (Å²) in [5, 5.41) is 3.86. The summed E-state index contributed by atoms with van der Waals surface area (Å²) in [7, 11) is 0. The van der Waals surface area contributed by atoms with E-state index in [2.05, 4.69) is 21.0 Å². The minimum Gasteiger partial charge on any atom is -0.240 e. The Bertz CT molecular complexity index is 451. The summed E-state index contributed by atoms with van der Waals surface area (Å²) in [5.74, 6) is 0. The van der Waals surface area contributed by atoms with Gasteiger partial charge in [-0.3, -0.25) is 0 Å². The molecule has 1 heterocycles. The SMILES string of the molecule is FC(F)c1cnn(-c2ccc(Br)cc2)c1. The van der Waals surface area contributed by atoms with Crippen LogP contribution in [0.2, 0.25) is 0 Å². The van der Waals surface area contributed by atoms with E-state index in [9.17, 15) is 8.78 Å². The van der Waals surface area contributed by atoms with Crippen molar-refractivity contribution in [3.05, 3.63) is 46.7 Å². The standard InChI is InChI=1S/C10H7BrF2N2/c11-8-1-3-9(4-2-8)15-6-7(5-14-15)10(12)13/h1-6,10H. The maximum atomic E-state index is 12.3. The number of aromatic nitrogens is 2. The highest BCUT2D eigenvalue weighted by Crippen LogP contribution is 2.19. The van der Waals surface area contributed by atoms with Crippen LogP contribution in [0, 0.1) is 0 Å². The molecule has 0 atom stereocenters. The molecular weight excluding hydrogens is 266 g/mol. The monoisotopic (exact) mass is 272 g/mol. The Hall–Kier alpha value is -1.23. The first-order valence-corrected chi connectivity index (χ1v) is 5.05. The number of hydrogen-bond acceptors (Lipinski definition) is 1. The van der Waals surface area contributed by atoms with E-state index in [4.69, 9.17) is 0 Å². The van der Waals surface area contributed by atoms with E-state index in [-0.39, 0.29) is 5.56 Å². The van der Waals surface area contributed by atoms with Crippen molar-refractivity contribution in [2.24, 2.45) is 0 Å². The van der Waals surface area contributed by atoms with Crippen molar-refractivity contribution < 1.29 is 8.78 Å². The molecule has 0 N–H and O–H groups in total. The Labute approximate surface area is 93.7 Å². The number of halogens is 3. The van der Waals surface area contributed by atoms with Gasteiger partial charge in [-0.15, -0.1) is 0 Å². The lowest BCUT2D eigenvalue weighted by atomic mass is 10.3. The van der Waals surface area contributed by atoms with Crippen molar-refractivity contribution in [3.63, 3.8) is 0 Å². The van der Waals surface area contributed by atoms with Crippen LogP contribution in [-0.2, 0) is 0 Å². The Morgan fingerprint density at radius 2 is 1.87 bits per heavy atom. The average molecular weight is 273 g/mol. The maximum Gasteiger partial charge on any atom is 0.266 e. The van der Waals surface area contributed by atoms with Gasteiger partial charge < -0.3 is 0 Å². The fraction of sp³-hybridized carbons (Fsp3) is 0.100. The van der Waals surface area contributed by atoms with Gasteiger partial charge in [0.25, 0.3) is 6.43 Å². The number of benzene rings is 1. The normalized spacial score (nSPS) is 10.9. The summed E-state index contributed by atoms with van der Waals surface area (Å²) >= 11 is 3.30. The lowest BCUT2D eigenvalue weighted by molar-refractivity contribution is 0.151. The Kier molecular flexibility index (Phi) is 2.81. The number of alkyl halides is 2. The minimum atomic E-state index is -2.48. The van der Waals surface area contributed by atoms with Gasteiger partial charge in [0.05, 0.1) is 17.4 Å². The van der Waals surface area contributed by atoms with Crippen LogP contribution in [0.15, 0.2) is 41.1 Å². The van der Waals surface area contributed by atoms with Crippen LogP contribution >= 0.6 is 15.9 Å². The smallest absolute Gasteiger partial charge is 0.240 e. The van der Waals surface area contributed by atoms with Crippen LogP contribution in [0.4, 0.5) is 8.78 Å². The Morgan fingerprint density at radius 1 is 1.20 bits per heavy atom. The lowest BCUT2D eigenvalue weighted by Crippen LogP contribution is -1.93. The first-order valence-electron chi connectivity index (χ1n) is 4.25. The molecule has 0 saturated heterocycles. The fourth-order valence-corrected chi connectivity index (χ4v) is 1.45. The van der Waals surface area contributed by atoms with Gasteiger partial charge in [0, 0.05) is 10.7 Å². The third-order valence-electron chi connectivity index (χ3n) is 1.95. The Balaban J connectivity index is 2.33. The fourth-order valence-electron chi connectivity index (χ4n) is 1.18. The molecule has 0 radical (unpaired) electrons. The summed E-state index contributed by atoms with van der Waals surface area (Å²) in [4.78, 5) is 0. The molecule has 0 spiro atoms. The second-order valence-corrected chi connectivity index (χ2v) is 3.91. The van der Waals surface area contributed by atoms with Crippen molar-refractivity contribution in [2.45, 2.75) is 6.43 Å². The van der Waals surface area contributed by atoms with Crippen molar-refractivity contribution >= 4 is 15.9 Å². The third-order valence-corrected chi connectivity index (χ3v) is 2.47. The number of rotatable bonds is 2. The summed E-state index contributed by atoms with van der Waals surface area (Å²) in [6.07, 6.45) is 0.0230. The zero-order valence-electron chi connectivity index (χ0n) is 7.57. The average Bonchev–Trinajstić information content (AvgIpc) is 2.68. The number of nitrogens with zero attached hydrogens (tertiary/aromatic N) is 2. The van der Waals surface area contributed by atoms with Gasteiger partial charge in [0.2, 0.25) is 0 Å². The Morgan fingerprint density at radius 3 is 2.40 bits per heavy atom. The lowest BCUT2D eigenvalue weighted by Gasteiger charge is -2.00. The van der Waals surface area contributed by atoms with Gasteiger partial charge in [-0.05, 0) is 24.3 Å². The molecule has 0 aliphatic carbocycles. The molecule has 2 aromatic rings. The number of hydrogen-bond donors (Lipinski definition) is 0. The highest BCUT2D eigenvalue weighted by atomic mass is 79.9. The van der Waals surface area contributed by atoms with Gasteiger partial charge in [-0.25, -0.2) is 13.5 Å². The molecule has 0 fully saturated rings. The highest BCUT2D eigenvalue weighted by Gasteiger charge is 2.09. The van der Waals surface area contributed by atoms with Crippen molar-refractivity contribution in [1.29, 1.82) is 0 Å². The van der Waals surface area contributed by atoms with Crippen LogP contribution in [0.5, 0.6) is 0 Å². The first kappa shape index (κ1) is 10.3. The summed E-state index contributed by atoms with van der Waals surface area (Å²) < 4.78 is 27.0. The zero-order valence-corrected chi connectivity index (χ0v) is 9.16. The molecule has 0 unspecified atom stereocenters. The van der Waals surface area contributed by atoms with Gasteiger partial charge >= 0.3 is 0 Å². The molecule has 0 bridgehead atoms. The summed E-state index contributed by atoms with van der Waals surface area (Å²) in [5.41, 5.74) is 0.683. The van der Waals surface area contributed by atoms with Crippen LogP contribution < -0.4 is 0 Å². The molecule has 0 aliphatic heterocycles.